The summed E-state index contributed by atoms with van der Waals surface area (Å²) in [5.41, 5.74) is 1.43. The van der Waals surface area contributed by atoms with E-state index >= 15 is 0 Å². The molecule has 1 atom stereocenters. The Bertz CT molecular complexity index is 1110. The van der Waals surface area contributed by atoms with Gasteiger partial charge in [-0.2, -0.15) is 0 Å². The molecule has 1 amide bonds. The van der Waals surface area contributed by atoms with Gasteiger partial charge in [0.2, 0.25) is 0 Å². The fourth-order valence-corrected chi connectivity index (χ4v) is 3.27. The average Bonchev–Trinajstić information content (AvgIpc) is 2.71. The van der Waals surface area contributed by atoms with Crippen LogP contribution in [0.1, 0.15) is 28.5 Å². The molecule has 0 aliphatic rings. The van der Waals surface area contributed by atoms with Gasteiger partial charge < -0.3 is 15.0 Å². The zero-order chi connectivity index (χ0) is 21.0. The minimum absolute atomic E-state index is 0.104. The molecule has 6 nitrogen and oxygen atoms in total. The average molecular weight is 413 g/mol. The Kier molecular flexibility index (Phi) is 6.34. The number of nitrogens with one attached hydrogen (secondary N) is 2. The van der Waals surface area contributed by atoms with Crippen LogP contribution in [0.4, 0.5) is 0 Å². The predicted octanol–water partition coefficient (Wildman–Crippen LogP) is 3.39. The SMILES string of the molecule is CCOC(=O)[C@@H](Cc1ccccc1)NC(=O)c1[nH]c2ccc(Cl)cc2c(=O)c1C. The van der Waals surface area contributed by atoms with Crippen molar-refractivity contribution in [3.8, 4) is 0 Å². The number of amides is 1. The van der Waals surface area contributed by atoms with Crippen molar-refractivity contribution in [1.82, 2.24) is 10.3 Å². The van der Waals surface area contributed by atoms with Crippen LogP contribution in [0.5, 0.6) is 0 Å². The lowest BCUT2D eigenvalue weighted by atomic mass is 10.0. The summed E-state index contributed by atoms with van der Waals surface area (Å²) in [6.07, 6.45) is 0.276. The molecular weight excluding hydrogens is 392 g/mol. The number of aromatic nitrogens is 1. The molecule has 0 radical (unpaired) electrons. The number of fused-ring (bicyclic) bond motifs is 1. The number of halogens is 1. The Hall–Kier alpha value is -3.12. The van der Waals surface area contributed by atoms with Gasteiger partial charge in [-0.3, -0.25) is 9.59 Å². The van der Waals surface area contributed by atoms with Gasteiger partial charge in [-0.25, -0.2) is 4.79 Å². The van der Waals surface area contributed by atoms with E-state index in [-0.39, 0.29) is 29.7 Å². The van der Waals surface area contributed by atoms with Gasteiger partial charge in [0.15, 0.2) is 5.43 Å². The van der Waals surface area contributed by atoms with E-state index in [1.165, 1.54) is 0 Å². The molecule has 1 heterocycles. The van der Waals surface area contributed by atoms with Crippen LogP contribution in [0.2, 0.25) is 5.02 Å². The Morgan fingerprint density at radius 1 is 1.17 bits per heavy atom. The van der Waals surface area contributed by atoms with Crippen LogP contribution in [-0.2, 0) is 16.0 Å². The second kappa shape index (κ2) is 8.92. The molecular formula is C22H21ClN2O4. The van der Waals surface area contributed by atoms with Crippen LogP contribution in [0.3, 0.4) is 0 Å². The number of H-pyrrole nitrogens is 1. The topological polar surface area (TPSA) is 88.3 Å². The monoisotopic (exact) mass is 412 g/mol. The van der Waals surface area contributed by atoms with E-state index in [0.717, 1.165) is 5.56 Å². The van der Waals surface area contributed by atoms with E-state index in [1.54, 1.807) is 32.0 Å². The molecule has 150 valence electrons. The van der Waals surface area contributed by atoms with Gasteiger partial charge >= 0.3 is 5.97 Å². The maximum Gasteiger partial charge on any atom is 0.328 e. The highest BCUT2D eigenvalue weighted by Gasteiger charge is 2.25. The number of benzene rings is 2. The van der Waals surface area contributed by atoms with Crippen molar-refractivity contribution < 1.29 is 14.3 Å². The van der Waals surface area contributed by atoms with E-state index in [9.17, 15) is 14.4 Å². The maximum atomic E-state index is 12.9. The number of rotatable bonds is 6. The van der Waals surface area contributed by atoms with E-state index in [0.29, 0.717) is 15.9 Å². The molecule has 3 aromatic rings. The number of pyridine rings is 1. The second-order valence-corrected chi connectivity index (χ2v) is 7.05. The summed E-state index contributed by atoms with van der Waals surface area (Å²) in [7, 11) is 0. The van der Waals surface area contributed by atoms with Crippen LogP contribution >= 0.6 is 11.6 Å². The van der Waals surface area contributed by atoms with Crippen molar-refractivity contribution in [2.45, 2.75) is 26.3 Å². The first kappa shape index (κ1) is 20.6. The number of aromatic amines is 1. The number of hydrogen-bond acceptors (Lipinski definition) is 4. The summed E-state index contributed by atoms with van der Waals surface area (Å²) >= 11 is 5.97. The van der Waals surface area contributed by atoms with Crippen molar-refractivity contribution >= 4 is 34.4 Å². The smallest absolute Gasteiger partial charge is 0.328 e. The van der Waals surface area contributed by atoms with Crippen LogP contribution < -0.4 is 10.7 Å². The second-order valence-electron chi connectivity index (χ2n) is 6.61. The Labute approximate surface area is 172 Å². The summed E-state index contributed by atoms with van der Waals surface area (Å²) in [6, 6.07) is 13.3. The quantitative estimate of drug-likeness (QED) is 0.607. The summed E-state index contributed by atoms with van der Waals surface area (Å²) in [6.45, 7) is 3.46. The fourth-order valence-electron chi connectivity index (χ4n) is 3.10. The van der Waals surface area contributed by atoms with Gasteiger partial charge in [0.1, 0.15) is 11.7 Å². The first-order valence-electron chi connectivity index (χ1n) is 9.24. The number of ether oxygens (including phenoxy) is 1. The van der Waals surface area contributed by atoms with Crippen molar-refractivity contribution in [2.75, 3.05) is 6.61 Å². The van der Waals surface area contributed by atoms with Gasteiger partial charge in [0.25, 0.3) is 5.91 Å². The minimum Gasteiger partial charge on any atom is -0.464 e. The fraction of sp³-hybridized carbons (Fsp3) is 0.227. The Morgan fingerprint density at radius 2 is 1.90 bits per heavy atom. The van der Waals surface area contributed by atoms with Crippen LogP contribution in [0, 0.1) is 6.92 Å². The van der Waals surface area contributed by atoms with E-state index in [2.05, 4.69) is 10.3 Å². The largest absolute Gasteiger partial charge is 0.464 e. The van der Waals surface area contributed by atoms with Gasteiger partial charge in [-0.05, 0) is 37.6 Å². The van der Waals surface area contributed by atoms with Crippen LogP contribution in [0.15, 0.2) is 53.3 Å². The predicted molar refractivity (Wildman–Crippen MR) is 112 cm³/mol. The summed E-state index contributed by atoms with van der Waals surface area (Å²) in [4.78, 5) is 41.0. The van der Waals surface area contributed by atoms with Crippen molar-refractivity contribution in [1.29, 1.82) is 0 Å². The molecule has 0 fully saturated rings. The zero-order valence-corrected chi connectivity index (χ0v) is 16.9. The number of esters is 1. The highest BCUT2D eigenvalue weighted by molar-refractivity contribution is 6.31. The lowest BCUT2D eigenvalue weighted by Gasteiger charge is -2.18. The number of carbonyl (C=O) groups excluding carboxylic acids is 2. The Morgan fingerprint density at radius 3 is 2.59 bits per heavy atom. The zero-order valence-electron chi connectivity index (χ0n) is 16.1. The number of hydrogen-bond donors (Lipinski definition) is 2. The molecule has 29 heavy (non-hydrogen) atoms. The third-order valence-corrected chi connectivity index (χ3v) is 4.82. The molecule has 0 bridgehead atoms. The standard InChI is InChI=1S/C22H21ClN2O4/c1-3-29-22(28)18(11-14-7-5-4-6-8-14)25-21(27)19-13(2)20(26)16-12-15(23)9-10-17(16)24-19/h4-10,12,18H,3,11H2,1-2H3,(H,24,26)(H,25,27)/t18-/m1/s1. The molecule has 1 aromatic heterocycles. The summed E-state index contributed by atoms with van der Waals surface area (Å²) < 4.78 is 5.11. The van der Waals surface area contributed by atoms with Gasteiger partial charge in [0, 0.05) is 27.9 Å². The van der Waals surface area contributed by atoms with E-state index < -0.39 is 17.9 Å². The maximum absolute atomic E-state index is 12.9. The summed E-state index contributed by atoms with van der Waals surface area (Å²) in [5.74, 6) is -1.08. The number of carbonyl (C=O) groups is 2. The first-order valence-corrected chi connectivity index (χ1v) is 9.62. The molecule has 3 rings (SSSR count). The van der Waals surface area contributed by atoms with Crippen LogP contribution in [-0.4, -0.2) is 29.5 Å². The normalized spacial score (nSPS) is 11.8. The molecule has 0 unspecified atom stereocenters. The summed E-state index contributed by atoms with van der Waals surface area (Å²) in [5, 5.41) is 3.54. The molecule has 2 N–H and O–H groups in total. The van der Waals surface area contributed by atoms with Gasteiger partial charge in [-0.1, -0.05) is 41.9 Å². The van der Waals surface area contributed by atoms with Gasteiger partial charge in [0.05, 0.1) is 6.61 Å². The molecule has 0 aliphatic heterocycles. The highest BCUT2D eigenvalue weighted by atomic mass is 35.5. The molecule has 7 heteroatoms. The van der Waals surface area contributed by atoms with Crippen molar-refractivity contribution in [3.05, 3.63) is 80.6 Å². The molecule has 2 aromatic carbocycles. The Balaban J connectivity index is 1.93. The van der Waals surface area contributed by atoms with Crippen molar-refractivity contribution in [3.63, 3.8) is 0 Å². The lowest BCUT2D eigenvalue weighted by molar-refractivity contribution is -0.145. The van der Waals surface area contributed by atoms with E-state index in [1.807, 2.05) is 30.3 Å². The minimum atomic E-state index is -0.881. The third-order valence-electron chi connectivity index (χ3n) is 4.59. The first-order chi connectivity index (χ1) is 13.9. The molecule has 0 saturated carbocycles. The van der Waals surface area contributed by atoms with E-state index in [4.69, 9.17) is 16.3 Å². The highest BCUT2D eigenvalue weighted by Crippen LogP contribution is 2.17. The lowest BCUT2D eigenvalue weighted by Crippen LogP contribution is -2.44. The molecule has 0 spiro atoms. The third kappa shape index (κ3) is 4.66. The molecule has 0 saturated heterocycles. The van der Waals surface area contributed by atoms with Gasteiger partial charge in [-0.15, -0.1) is 0 Å². The molecule has 0 aliphatic carbocycles. The van der Waals surface area contributed by atoms with Crippen LogP contribution in [0.25, 0.3) is 10.9 Å². The van der Waals surface area contributed by atoms with Crippen molar-refractivity contribution in [2.24, 2.45) is 0 Å².